The number of amides is 1. The van der Waals surface area contributed by atoms with E-state index < -0.39 is 12.1 Å². The number of rotatable bonds is 5. The molecule has 142 valence electrons. The Bertz CT molecular complexity index is 794. The lowest BCUT2D eigenvalue weighted by Crippen LogP contribution is -2.51. The van der Waals surface area contributed by atoms with Crippen molar-refractivity contribution in [1.82, 2.24) is 10.2 Å². The molecule has 0 saturated carbocycles. The molecule has 27 heavy (non-hydrogen) atoms. The van der Waals surface area contributed by atoms with Crippen LogP contribution < -0.4 is 10.1 Å². The van der Waals surface area contributed by atoms with E-state index in [2.05, 4.69) is 5.32 Å². The number of ether oxygens (including phenoxy) is 1. The molecule has 1 saturated heterocycles. The minimum atomic E-state index is -0.887. The van der Waals surface area contributed by atoms with E-state index in [4.69, 9.17) is 4.74 Å². The van der Waals surface area contributed by atoms with E-state index in [1.165, 1.54) is 4.90 Å². The standard InChI is InChI=1S/C21H24N2O4/c1-2-22-19-14-23(21(25)26)12-11-18(19)16-9-6-10-17(13-16)27-20(24)15-7-4-3-5-8-15/h3-10,13,18-19,22H,2,11-12,14H2,1H3,(H,25,26)/t18-,19+/m1/s1. The van der Waals surface area contributed by atoms with Gasteiger partial charge in [0, 0.05) is 25.0 Å². The van der Waals surface area contributed by atoms with Crippen LogP contribution in [-0.2, 0) is 0 Å². The van der Waals surface area contributed by atoms with Gasteiger partial charge in [0.1, 0.15) is 5.75 Å². The van der Waals surface area contributed by atoms with Gasteiger partial charge in [-0.15, -0.1) is 0 Å². The fourth-order valence-electron chi connectivity index (χ4n) is 3.54. The third-order valence-corrected chi connectivity index (χ3v) is 4.86. The Hall–Kier alpha value is -2.86. The molecule has 0 unspecified atom stereocenters. The van der Waals surface area contributed by atoms with E-state index in [1.807, 2.05) is 31.2 Å². The van der Waals surface area contributed by atoms with Crippen molar-refractivity contribution in [3.8, 4) is 5.75 Å². The maximum absolute atomic E-state index is 12.3. The minimum absolute atomic E-state index is 0.0277. The van der Waals surface area contributed by atoms with Gasteiger partial charge < -0.3 is 20.1 Å². The maximum Gasteiger partial charge on any atom is 0.407 e. The van der Waals surface area contributed by atoms with Crippen molar-refractivity contribution in [3.05, 3.63) is 65.7 Å². The Morgan fingerprint density at radius 3 is 2.67 bits per heavy atom. The van der Waals surface area contributed by atoms with Crippen LogP contribution >= 0.6 is 0 Å². The number of hydrogen-bond donors (Lipinski definition) is 2. The zero-order chi connectivity index (χ0) is 19.2. The Labute approximate surface area is 158 Å². The quantitative estimate of drug-likeness (QED) is 0.625. The molecule has 2 N–H and O–H groups in total. The van der Waals surface area contributed by atoms with Crippen LogP contribution in [0.4, 0.5) is 4.79 Å². The first-order valence-electron chi connectivity index (χ1n) is 9.17. The Balaban J connectivity index is 1.75. The molecule has 6 heteroatoms. The van der Waals surface area contributed by atoms with Crippen LogP contribution in [0.25, 0.3) is 0 Å². The molecule has 1 aliphatic heterocycles. The van der Waals surface area contributed by atoms with Crippen molar-refractivity contribution < 1.29 is 19.4 Å². The molecule has 1 aliphatic rings. The number of carbonyl (C=O) groups is 2. The lowest BCUT2D eigenvalue weighted by atomic mass is 9.85. The van der Waals surface area contributed by atoms with Gasteiger partial charge in [-0.3, -0.25) is 0 Å². The molecule has 0 spiro atoms. The first-order valence-corrected chi connectivity index (χ1v) is 9.17. The highest BCUT2D eigenvalue weighted by molar-refractivity contribution is 5.90. The van der Waals surface area contributed by atoms with Crippen LogP contribution in [0.3, 0.4) is 0 Å². The van der Waals surface area contributed by atoms with Crippen LogP contribution in [0.15, 0.2) is 54.6 Å². The van der Waals surface area contributed by atoms with E-state index in [-0.39, 0.29) is 12.0 Å². The van der Waals surface area contributed by atoms with Gasteiger partial charge in [0.2, 0.25) is 0 Å². The molecular formula is C21H24N2O4. The highest BCUT2D eigenvalue weighted by atomic mass is 16.5. The number of nitrogens with zero attached hydrogens (tertiary/aromatic N) is 1. The number of esters is 1. The normalized spacial score (nSPS) is 19.5. The van der Waals surface area contributed by atoms with Crippen LogP contribution in [0.1, 0.15) is 35.2 Å². The Morgan fingerprint density at radius 2 is 1.96 bits per heavy atom. The molecule has 0 aromatic heterocycles. The predicted octanol–water partition coefficient (Wildman–Crippen LogP) is 3.35. The van der Waals surface area contributed by atoms with Crippen molar-refractivity contribution in [2.24, 2.45) is 0 Å². The van der Waals surface area contributed by atoms with Gasteiger partial charge in [-0.1, -0.05) is 37.3 Å². The van der Waals surface area contributed by atoms with Crippen LogP contribution in [-0.4, -0.2) is 47.7 Å². The van der Waals surface area contributed by atoms with Gasteiger partial charge in [-0.25, -0.2) is 9.59 Å². The molecule has 3 rings (SSSR count). The van der Waals surface area contributed by atoms with Crippen molar-refractivity contribution in [1.29, 1.82) is 0 Å². The molecule has 1 heterocycles. The molecule has 0 aliphatic carbocycles. The first kappa shape index (κ1) is 18.9. The number of benzene rings is 2. The molecule has 2 atom stereocenters. The fraction of sp³-hybridized carbons (Fsp3) is 0.333. The van der Waals surface area contributed by atoms with Crippen LogP contribution in [0.2, 0.25) is 0 Å². The summed E-state index contributed by atoms with van der Waals surface area (Å²) >= 11 is 0. The number of hydrogen-bond acceptors (Lipinski definition) is 4. The molecular weight excluding hydrogens is 344 g/mol. The molecule has 2 aromatic rings. The average molecular weight is 368 g/mol. The fourth-order valence-corrected chi connectivity index (χ4v) is 3.54. The van der Waals surface area contributed by atoms with Crippen molar-refractivity contribution in [3.63, 3.8) is 0 Å². The third kappa shape index (κ3) is 4.65. The molecule has 0 radical (unpaired) electrons. The highest BCUT2D eigenvalue weighted by Gasteiger charge is 2.32. The summed E-state index contributed by atoms with van der Waals surface area (Å²) in [4.78, 5) is 25.0. The molecule has 2 aromatic carbocycles. The molecule has 6 nitrogen and oxygen atoms in total. The smallest absolute Gasteiger partial charge is 0.407 e. The van der Waals surface area contributed by atoms with E-state index in [9.17, 15) is 14.7 Å². The van der Waals surface area contributed by atoms with Crippen LogP contribution in [0, 0.1) is 0 Å². The van der Waals surface area contributed by atoms with Gasteiger partial charge in [0.15, 0.2) is 0 Å². The largest absolute Gasteiger partial charge is 0.465 e. The second-order valence-corrected chi connectivity index (χ2v) is 6.62. The predicted molar refractivity (Wildman–Crippen MR) is 102 cm³/mol. The lowest BCUT2D eigenvalue weighted by Gasteiger charge is -2.38. The second-order valence-electron chi connectivity index (χ2n) is 6.62. The van der Waals surface area contributed by atoms with E-state index >= 15 is 0 Å². The van der Waals surface area contributed by atoms with E-state index in [0.717, 1.165) is 18.5 Å². The van der Waals surface area contributed by atoms with Gasteiger partial charge in [0.25, 0.3) is 0 Å². The number of carboxylic acid groups (broad SMARTS) is 1. The third-order valence-electron chi connectivity index (χ3n) is 4.86. The van der Waals surface area contributed by atoms with Gasteiger partial charge in [-0.05, 0) is 42.8 Å². The topological polar surface area (TPSA) is 78.9 Å². The van der Waals surface area contributed by atoms with Gasteiger partial charge >= 0.3 is 12.1 Å². The van der Waals surface area contributed by atoms with Crippen molar-refractivity contribution in [2.75, 3.05) is 19.6 Å². The summed E-state index contributed by atoms with van der Waals surface area (Å²) < 4.78 is 5.52. The monoisotopic (exact) mass is 368 g/mol. The number of carbonyl (C=O) groups excluding carboxylic acids is 1. The number of nitrogens with one attached hydrogen (secondary N) is 1. The Morgan fingerprint density at radius 1 is 1.19 bits per heavy atom. The first-order chi connectivity index (χ1) is 13.1. The van der Waals surface area contributed by atoms with Gasteiger partial charge in [-0.2, -0.15) is 0 Å². The molecule has 0 bridgehead atoms. The summed E-state index contributed by atoms with van der Waals surface area (Å²) in [6, 6.07) is 16.4. The van der Waals surface area contributed by atoms with Gasteiger partial charge in [0.05, 0.1) is 5.56 Å². The summed E-state index contributed by atoms with van der Waals surface area (Å²) in [6.07, 6.45) is -0.165. The average Bonchev–Trinajstić information content (AvgIpc) is 2.69. The van der Waals surface area contributed by atoms with E-state index in [0.29, 0.717) is 24.4 Å². The molecule has 1 amide bonds. The number of likely N-dealkylation sites (tertiary alicyclic amines) is 1. The van der Waals surface area contributed by atoms with Crippen LogP contribution in [0.5, 0.6) is 5.75 Å². The number of likely N-dealkylation sites (N-methyl/N-ethyl adjacent to an activating group) is 1. The second kappa shape index (κ2) is 8.68. The highest BCUT2D eigenvalue weighted by Crippen LogP contribution is 2.31. The summed E-state index contributed by atoms with van der Waals surface area (Å²) in [5.41, 5.74) is 1.55. The SMILES string of the molecule is CCN[C@H]1CN(C(=O)O)CC[C@@H]1c1cccc(OC(=O)c2ccccc2)c1. The lowest BCUT2D eigenvalue weighted by molar-refractivity contribution is 0.0734. The van der Waals surface area contributed by atoms with Crippen molar-refractivity contribution >= 4 is 12.1 Å². The minimum Gasteiger partial charge on any atom is -0.465 e. The zero-order valence-electron chi connectivity index (χ0n) is 15.3. The van der Waals surface area contributed by atoms with E-state index in [1.54, 1.807) is 30.3 Å². The molecule has 1 fully saturated rings. The zero-order valence-corrected chi connectivity index (χ0v) is 15.3. The Kier molecular flexibility index (Phi) is 6.08. The summed E-state index contributed by atoms with van der Waals surface area (Å²) in [7, 11) is 0. The number of piperidine rings is 1. The summed E-state index contributed by atoms with van der Waals surface area (Å²) in [5, 5.41) is 12.7. The maximum atomic E-state index is 12.3. The van der Waals surface area contributed by atoms with Crippen molar-refractivity contribution in [2.45, 2.75) is 25.3 Å². The summed E-state index contributed by atoms with van der Waals surface area (Å²) in [6.45, 7) is 3.71. The summed E-state index contributed by atoms with van der Waals surface area (Å²) in [5.74, 6) is 0.268.